The fourth-order valence-corrected chi connectivity index (χ4v) is 2.98. The standard InChI is InChI=1S/C18H24N6O2/c1-18(2,26-3)17(25)24-8-4-5-13(12-24)14-9-22-16(11-21-14)23-15-10-19-6-7-20-15/h6-7,9-11,13H,4-5,8,12H2,1-3H3,(H,20,22,23). The number of piperidine rings is 1. The minimum atomic E-state index is -0.807. The van der Waals surface area contributed by atoms with E-state index in [9.17, 15) is 4.79 Å². The van der Waals surface area contributed by atoms with E-state index in [-0.39, 0.29) is 11.8 Å². The summed E-state index contributed by atoms with van der Waals surface area (Å²) in [6.45, 7) is 4.98. The smallest absolute Gasteiger partial charge is 0.254 e. The van der Waals surface area contributed by atoms with E-state index >= 15 is 0 Å². The molecule has 1 fully saturated rings. The molecule has 1 N–H and O–H groups in total. The zero-order chi connectivity index (χ0) is 18.6. The third-order valence-corrected chi connectivity index (χ3v) is 4.64. The molecular weight excluding hydrogens is 332 g/mol. The number of aromatic nitrogens is 4. The lowest BCUT2D eigenvalue weighted by Crippen LogP contribution is -2.49. The molecule has 138 valence electrons. The van der Waals surface area contributed by atoms with Gasteiger partial charge in [-0.25, -0.2) is 9.97 Å². The summed E-state index contributed by atoms with van der Waals surface area (Å²) >= 11 is 0. The average molecular weight is 356 g/mol. The maximum Gasteiger partial charge on any atom is 0.254 e. The Labute approximate surface area is 153 Å². The molecule has 0 saturated carbocycles. The van der Waals surface area contributed by atoms with Crippen molar-refractivity contribution in [3.8, 4) is 0 Å². The van der Waals surface area contributed by atoms with E-state index in [4.69, 9.17) is 4.74 Å². The first-order valence-electron chi connectivity index (χ1n) is 8.69. The molecule has 3 rings (SSSR count). The number of hydrogen-bond acceptors (Lipinski definition) is 7. The van der Waals surface area contributed by atoms with Gasteiger partial charge in [-0.2, -0.15) is 0 Å². The Balaban J connectivity index is 1.66. The van der Waals surface area contributed by atoms with Crippen LogP contribution in [0.3, 0.4) is 0 Å². The van der Waals surface area contributed by atoms with Crippen molar-refractivity contribution in [2.24, 2.45) is 0 Å². The van der Waals surface area contributed by atoms with E-state index in [2.05, 4.69) is 25.3 Å². The van der Waals surface area contributed by atoms with Crippen LogP contribution in [0, 0.1) is 0 Å². The lowest BCUT2D eigenvalue weighted by Gasteiger charge is -2.36. The van der Waals surface area contributed by atoms with Crippen LogP contribution in [0.25, 0.3) is 0 Å². The Kier molecular flexibility index (Phi) is 5.41. The summed E-state index contributed by atoms with van der Waals surface area (Å²) in [6, 6.07) is 0. The number of nitrogens with zero attached hydrogens (tertiary/aromatic N) is 5. The Hall–Kier alpha value is -2.61. The van der Waals surface area contributed by atoms with Crippen molar-refractivity contribution in [3.63, 3.8) is 0 Å². The molecule has 1 unspecified atom stereocenters. The number of hydrogen-bond donors (Lipinski definition) is 1. The number of likely N-dealkylation sites (tertiary alicyclic amines) is 1. The van der Waals surface area contributed by atoms with Crippen molar-refractivity contribution in [3.05, 3.63) is 36.7 Å². The van der Waals surface area contributed by atoms with Gasteiger partial charge in [0.1, 0.15) is 17.2 Å². The summed E-state index contributed by atoms with van der Waals surface area (Å²) in [7, 11) is 1.56. The molecule has 3 heterocycles. The quantitative estimate of drug-likeness (QED) is 0.877. The molecule has 1 saturated heterocycles. The summed E-state index contributed by atoms with van der Waals surface area (Å²) < 4.78 is 5.33. The minimum Gasteiger partial charge on any atom is -0.369 e. The van der Waals surface area contributed by atoms with E-state index in [0.717, 1.165) is 25.1 Å². The van der Waals surface area contributed by atoms with Crippen molar-refractivity contribution < 1.29 is 9.53 Å². The van der Waals surface area contributed by atoms with Gasteiger partial charge >= 0.3 is 0 Å². The van der Waals surface area contributed by atoms with E-state index < -0.39 is 5.60 Å². The summed E-state index contributed by atoms with van der Waals surface area (Å²) in [4.78, 5) is 31.6. The number of methoxy groups -OCH3 is 1. The molecule has 0 spiro atoms. The van der Waals surface area contributed by atoms with Gasteiger partial charge in [-0.15, -0.1) is 0 Å². The highest BCUT2D eigenvalue weighted by atomic mass is 16.5. The van der Waals surface area contributed by atoms with Gasteiger partial charge in [0.2, 0.25) is 0 Å². The van der Waals surface area contributed by atoms with E-state index in [1.165, 1.54) is 0 Å². The zero-order valence-corrected chi connectivity index (χ0v) is 15.3. The normalized spacial score (nSPS) is 17.8. The van der Waals surface area contributed by atoms with Gasteiger partial charge in [-0.1, -0.05) is 0 Å². The van der Waals surface area contributed by atoms with Crippen molar-refractivity contribution >= 4 is 17.5 Å². The first-order chi connectivity index (χ1) is 12.5. The van der Waals surface area contributed by atoms with Gasteiger partial charge in [0.15, 0.2) is 0 Å². The molecule has 0 aromatic carbocycles. The number of rotatable bonds is 5. The Morgan fingerprint density at radius 1 is 1.19 bits per heavy atom. The van der Waals surface area contributed by atoms with Crippen molar-refractivity contribution in [2.45, 2.75) is 38.2 Å². The number of nitrogens with one attached hydrogen (secondary N) is 1. The highest BCUT2D eigenvalue weighted by molar-refractivity contribution is 5.84. The van der Waals surface area contributed by atoms with Gasteiger partial charge in [0.05, 0.1) is 24.3 Å². The predicted molar refractivity (Wildman–Crippen MR) is 97.0 cm³/mol. The van der Waals surface area contributed by atoms with Crippen molar-refractivity contribution in [2.75, 3.05) is 25.5 Å². The van der Waals surface area contributed by atoms with Crippen LogP contribution < -0.4 is 5.32 Å². The van der Waals surface area contributed by atoms with Gasteiger partial charge in [-0.05, 0) is 26.7 Å². The van der Waals surface area contributed by atoms with E-state index in [1.54, 1.807) is 51.9 Å². The second-order valence-corrected chi connectivity index (χ2v) is 6.85. The van der Waals surface area contributed by atoms with Gasteiger partial charge in [0, 0.05) is 38.5 Å². The van der Waals surface area contributed by atoms with Crippen LogP contribution in [0.2, 0.25) is 0 Å². The number of ether oxygens (including phenoxy) is 1. The van der Waals surface area contributed by atoms with Gasteiger partial charge < -0.3 is 15.0 Å². The lowest BCUT2D eigenvalue weighted by atomic mass is 9.93. The molecular formula is C18H24N6O2. The third kappa shape index (κ3) is 4.13. The van der Waals surface area contributed by atoms with Crippen LogP contribution in [0.4, 0.5) is 11.6 Å². The number of anilines is 2. The topological polar surface area (TPSA) is 93.1 Å². The van der Waals surface area contributed by atoms with E-state index in [1.807, 2.05) is 4.90 Å². The highest BCUT2D eigenvalue weighted by Crippen LogP contribution is 2.27. The lowest BCUT2D eigenvalue weighted by molar-refractivity contribution is -0.152. The van der Waals surface area contributed by atoms with Crippen LogP contribution >= 0.6 is 0 Å². The molecule has 2 aromatic rings. The summed E-state index contributed by atoms with van der Waals surface area (Å²) in [5, 5.41) is 3.06. The first-order valence-corrected chi connectivity index (χ1v) is 8.69. The van der Waals surface area contributed by atoms with Crippen LogP contribution in [0.5, 0.6) is 0 Å². The average Bonchev–Trinajstić information content (AvgIpc) is 2.69. The zero-order valence-electron chi connectivity index (χ0n) is 15.3. The van der Waals surface area contributed by atoms with Crippen molar-refractivity contribution in [1.29, 1.82) is 0 Å². The molecule has 26 heavy (non-hydrogen) atoms. The highest BCUT2D eigenvalue weighted by Gasteiger charge is 2.35. The molecule has 8 heteroatoms. The third-order valence-electron chi connectivity index (χ3n) is 4.64. The predicted octanol–water partition coefficient (Wildman–Crippen LogP) is 2.14. The molecule has 0 bridgehead atoms. The molecule has 2 aromatic heterocycles. The van der Waals surface area contributed by atoms with Crippen LogP contribution in [0.1, 0.15) is 38.3 Å². The summed E-state index contributed by atoms with van der Waals surface area (Å²) in [5.74, 6) is 1.42. The molecule has 1 aliphatic heterocycles. The number of amides is 1. The first kappa shape index (κ1) is 18.2. The monoisotopic (exact) mass is 356 g/mol. The molecule has 0 aliphatic carbocycles. The fourth-order valence-electron chi connectivity index (χ4n) is 2.98. The van der Waals surface area contributed by atoms with Crippen LogP contribution in [-0.4, -0.2) is 56.5 Å². The molecule has 8 nitrogen and oxygen atoms in total. The van der Waals surface area contributed by atoms with Gasteiger partial charge in [-0.3, -0.25) is 14.8 Å². The number of carbonyl (C=O) groups excluding carboxylic acids is 1. The summed E-state index contributed by atoms with van der Waals surface area (Å²) in [6.07, 6.45) is 10.2. The minimum absolute atomic E-state index is 0.0126. The maximum atomic E-state index is 12.6. The number of carbonyl (C=O) groups is 1. The molecule has 1 atom stereocenters. The Bertz CT molecular complexity index is 735. The summed E-state index contributed by atoms with van der Waals surface area (Å²) in [5.41, 5.74) is 0.0837. The fraction of sp³-hybridized carbons (Fsp3) is 0.500. The van der Waals surface area contributed by atoms with E-state index in [0.29, 0.717) is 18.2 Å². The second kappa shape index (κ2) is 7.74. The second-order valence-electron chi connectivity index (χ2n) is 6.85. The Morgan fingerprint density at radius 3 is 2.65 bits per heavy atom. The molecule has 1 amide bonds. The van der Waals surface area contributed by atoms with Crippen LogP contribution in [0.15, 0.2) is 31.0 Å². The van der Waals surface area contributed by atoms with Gasteiger partial charge in [0.25, 0.3) is 5.91 Å². The van der Waals surface area contributed by atoms with Crippen LogP contribution in [-0.2, 0) is 9.53 Å². The SMILES string of the molecule is COC(C)(C)C(=O)N1CCCC(c2cnc(Nc3cnccn3)cn2)C1. The molecule has 1 aliphatic rings. The largest absolute Gasteiger partial charge is 0.369 e. The maximum absolute atomic E-state index is 12.6. The molecule has 0 radical (unpaired) electrons. The van der Waals surface area contributed by atoms with Crippen molar-refractivity contribution in [1.82, 2.24) is 24.8 Å². The Morgan fingerprint density at radius 2 is 2.00 bits per heavy atom.